The van der Waals surface area contributed by atoms with Crippen molar-refractivity contribution in [2.75, 3.05) is 5.32 Å². The van der Waals surface area contributed by atoms with Crippen molar-refractivity contribution in [3.8, 4) is 5.75 Å². The molecule has 0 fully saturated rings. The molecule has 0 radical (unpaired) electrons. The number of hydrogen-bond donors (Lipinski definition) is 2. The van der Waals surface area contributed by atoms with Gasteiger partial charge in [0.05, 0.1) is 5.92 Å². The molecule has 0 spiro atoms. The quantitative estimate of drug-likeness (QED) is 0.751. The lowest BCUT2D eigenvalue weighted by molar-refractivity contribution is -0.121. The first kappa shape index (κ1) is 15.8. The molecule has 126 valence electrons. The Hall–Kier alpha value is -2.66. The number of fused-ring (bicyclic) bond motifs is 1. The number of benzene rings is 2. The fraction of sp³-hybridized carbons (Fsp3) is 0.200. The lowest BCUT2D eigenvalue weighted by Crippen LogP contribution is -2.38. The fourth-order valence-electron chi connectivity index (χ4n) is 3.81. The molecule has 2 atom stereocenters. The number of anilines is 1. The van der Waals surface area contributed by atoms with Crippen LogP contribution in [0.2, 0.25) is 0 Å². The largest absolute Gasteiger partial charge is 0.508 e. The van der Waals surface area contributed by atoms with Gasteiger partial charge in [0.15, 0.2) is 5.13 Å². The number of carbonyl (C=O) groups excluding carboxylic acids is 1. The molecule has 25 heavy (non-hydrogen) atoms. The number of nitrogens with zero attached hydrogens (tertiary/aromatic N) is 1. The maximum atomic E-state index is 13.0. The summed E-state index contributed by atoms with van der Waals surface area (Å²) in [5.41, 5.74) is 2.93. The van der Waals surface area contributed by atoms with Gasteiger partial charge >= 0.3 is 0 Å². The molecule has 2 N–H and O–H groups in total. The zero-order chi connectivity index (χ0) is 17.4. The van der Waals surface area contributed by atoms with Crippen molar-refractivity contribution in [2.45, 2.75) is 18.8 Å². The normalized spacial score (nSPS) is 21.7. The van der Waals surface area contributed by atoms with E-state index in [1.165, 1.54) is 22.5 Å². The Labute approximate surface area is 150 Å². The number of amides is 1. The standard InChI is InChI=1S/C20H18N2O2S/c1-20(14-6-8-15(23)9-7-14)16-5-3-2-4-13(16)12-17(20)18(24)22-19-21-10-11-25-19/h2-11,17,23H,12H2,1H3,(H,21,22,24)/t17-,20-/m0/s1. The highest BCUT2D eigenvalue weighted by Crippen LogP contribution is 2.48. The minimum absolute atomic E-state index is 0.0262. The monoisotopic (exact) mass is 350 g/mol. The predicted octanol–water partition coefficient (Wildman–Crippen LogP) is 3.97. The maximum absolute atomic E-state index is 13.0. The fourth-order valence-corrected chi connectivity index (χ4v) is 4.35. The Morgan fingerprint density at radius 2 is 2.00 bits per heavy atom. The van der Waals surface area contributed by atoms with Crippen molar-refractivity contribution in [2.24, 2.45) is 5.92 Å². The van der Waals surface area contributed by atoms with Gasteiger partial charge in [-0.2, -0.15) is 0 Å². The second-order valence-corrected chi connectivity index (χ2v) is 7.38. The Balaban J connectivity index is 1.78. The van der Waals surface area contributed by atoms with Crippen LogP contribution in [-0.2, 0) is 16.6 Å². The first-order valence-corrected chi connectivity index (χ1v) is 9.05. The first-order valence-electron chi connectivity index (χ1n) is 8.17. The molecule has 4 rings (SSSR count). The first-order chi connectivity index (χ1) is 12.1. The van der Waals surface area contributed by atoms with Gasteiger partial charge in [0.1, 0.15) is 5.75 Å². The molecule has 3 aromatic rings. The average Bonchev–Trinajstić information content (AvgIpc) is 3.23. The second kappa shape index (κ2) is 6.01. The Kier molecular flexibility index (Phi) is 3.81. The lowest BCUT2D eigenvalue weighted by atomic mass is 9.71. The van der Waals surface area contributed by atoms with Crippen LogP contribution in [0.4, 0.5) is 5.13 Å². The lowest BCUT2D eigenvalue weighted by Gasteiger charge is -2.32. The summed E-state index contributed by atoms with van der Waals surface area (Å²) < 4.78 is 0. The number of rotatable bonds is 3. The van der Waals surface area contributed by atoms with Crippen LogP contribution in [0.5, 0.6) is 5.75 Å². The zero-order valence-electron chi connectivity index (χ0n) is 13.8. The molecular weight excluding hydrogens is 332 g/mol. The molecule has 0 bridgehead atoms. The Bertz CT molecular complexity index is 906. The van der Waals surface area contributed by atoms with E-state index < -0.39 is 5.41 Å². The van der Waals surface area contributed by atoms with Crippen molar-refractivity contribution in [1.29, 1.82) is 0 Å². The third kappa shape index (κ3) is 2.61. The summed E-state index contributed by atoms with van der Waals surface area (Å²) in [6.07, 6.45) is 2.37. The summed E-state index contributed by atoms with van der Waals surface area (Å²) in [6, 6.07) is 15.4. The minimum atomic E-state index is -0.453. The van der Waals surface area contributed by atoms with Crippen LogP contribution in [0.3, 0.4) is 0 Å². The molecule has 0 saturated carbocycles. The van der Waals surface area contributed by atoms with Gasteiger partial charge in [0, 0.05) is 17.0 Å². The molecule has 1 aliphatic carbocycles. The van der Waals surface area contributed by atoms with Gasteiger partial charge in [-0.1, -0.05) is 43.3 Å². The molecule has 2 aromatic carbocycles. The third-order valence-corrected chi connectivity index (χ3v) is 5.83. The van der Waals surface area contributed by atoms with Gasteiger partial charge in [-0.15, -0.1) is 11.3 Å². The summed E-state index contributed by atoms with van der Waals surface area (Å²) in [5, 5.41) is 15.1. The van der Waals surface area contributed by atoms with Crippen LogP contribution < -0.4 is 5.32 Å². The highest BCUT2D eigenvalue weighted by Gasteiger charge is 2.47. The Morgan fingerprint density at radius 1 is 1.24 bits per heavy atom. The molecule has 4 nitrogen and oxygen atoms in total. The van der Waals surface area contributed by atoms with Crippen LogP contribution >= 0.6 is 11.3 Å². The van der Waals surface area contributed by atoms with Gasteiger partial charge in [-0.3, -0.25) is 4.79 Å². The number of hydrogen-bond acceptors (Lipinski definition) is 4. The highest BCUT2D eigenvalue weighted by molar-refractivity contribution is 7.13. The van der Waals surface area contributed by atoms with E-state index in [2.05, 4.69) is 29.4 Å². The van der Waals surface area contributed by atoms with Gasteiger partial charge in [0.25, 0.3) is 0 Å². The van der Waals surface area contributed by atoms with Gasteiger partial charge in [-0.25, -0.2) is 4.98 Å². The summed E-state index contributed by atoms with van der Waals surface area (Å²) in [7, 11) is 0. The van der Waals surface area contributed by atoms with E-state index in [-0.39, 0.29) is 17.6 Å². The topological polar surface area (TPSA) is 62.2 Å². The third-order valence-electron chi connectivity index (χ3n) is 5.14. The molecule has 1 heterocycles. The molecule has 5 heteroatoms. The van der Waals surface area contributed by atoms with E-state index in [9.17, 15) is 9.90 Å². The molecule has 1 aliphatic rings. The number of phenolic OH excluding ortho intramolecular Hbond substituents is 1. The molecule has 0 saturated heterocycles. The SMILES string of the molecule is C[C@]1(c2ccc(O)cc2)c2ccccc2C[C@H]1C(=O)Nc1nccs1. The van der Waals surface area contributed by atoms with Gasteiger partial charge in [-0.05, 0) is 35.2 Å². The van der Waals surface area contributed by atoms with Crippen LogP contribution in [0.15, 0.2) is 60.1 Å². The van der Waals surface area contributed by atoms with Crippen molar-refractivity contribution in [1.82, 2.24) is 4.98 Å². The molecular formula is C20H18N2O2S. The number of phenols is 1. The minimum Gasteiger partial charge on any atom is -0.508 e. The van der Waals surface area contributed by atoms with E-state index in [4.69, 9.17) is 0 Å². The number of aromatic hydroxyl groups is 1. The highest BCUT2D eigenvalue weighted by atomic mass is 32.1. The van der Waals surface area contributed by atoms with Crippen LogP contribution in [-0.4, -0.2) is 16.0 Å². The summed E-state index contributed by atoms with van der Waals surface area (Å²) in [6.45, 7) is 2.11. The van der Waals surface area contributed by atoms with Crippen LogP contribution in [0, 0.1) is 5.92 Å². The van der Waals surface area contributed by atoms with Crippen molar-refractivity contribution in [3.63, 3.8) is 0 Å². The van der Waals surface area contributed by atoms with Crippen LogP contribution in [0.25, 0.3) is 0 Å². The summed E-state index contributed by atoms with van der Waals surface area (Å²) in [5.74, 6) is -0.0394. The Morgan fingerprint density at radius 3 is 2.72 bits per heavy atom. The number of thiazole rings is 1. The molecule has 0 unspecified atom stereocenters. The van der Waals surface area contributed by atoms with Crippen molar-refractivity contribution in [3.05, 3.63) is 76.8 Å². The summed E-state index contributed by atoms with van der Waals surface area (Å²) in [4.78, 5) is 17.2. The van der Waals surface area contributed by atoms with E-state index in [0.717, 1.165) is 5.56 Å². The van der Waals surface area contributed by atoms with E-state index >= 15 is 0 Å². The summed E-state index contributed by atoms with van der Waals surface area (Å²) >= 11 is 1.42. The zero-order valence-corrected chi connectivity index (χ0v) is 14.6. The average molecular weight is 350 g/mol. The predicted molar refractivity (Wildman–Crippen MR) is 98.9 cm³/mol. The van der Waals surface area contributed by atoms with Gasteiger partial charge in [0.2, 0.25) is 5.91 Å². The van der Waals surface area contributed by atoms with Gasteiger partial charge < -0.3 is 10.4 Å². The smallest absolute Gasteiger partial charge is 0.230 e. The number of nitrogens with one attached hydrogen (secondary N) is 1. The van der Waals surface area contributed by atoms with E-state index in [1.54, 1.807) is 18.3 Å². The van der Waals surface area contributed by atoms with Crippen LogP contribution in [0.1, 0.15) is 23.6 Å². The number of carbonyl (C=O) groups is 1. The second-order valence-electron chi connectivity index (χ2n) is 6.49. The number of aromatic nitrogens is 1. The molecule has 0 aliphatic heterocycles. The van der Waals surface area contributed by atoms with E-state index in [1.807, 2.05) is 29.6 Å². The maximum Gasteiger partial charge on any atom is 0.230 e. The molecule has 1 amide bonds. The van der Waals surface area contributed by atoms with E-state index in [0.29, 0.717) is 11.6 Å². The van der Waals surface area contributed by atoms with Crippen molar-refractivity contribution < 1.29 is 9.90 Å². The molecule has 1 aromatic heterocycles. The van der Waals surface area contributed by atoms with Crippen molar-refractivity contribution >= 4 is 22.4 Å².